The average molecular weight is 509 g/mol. The summed E-state index contributed by atoms with van der Waals surface area (Å²) in [7, 11) is 3.94. The van der Waals surface area contributed by atoms with Crippen molar-refractivity contribution in [2.24, 2.45) is 0 Å². The topological polar surface area (TPSA) is 96.6 Å². The Labute approximate surface area is 214 Å². The van der Waals surface area contributed by atoms with E-state index in [1.165, 1.54) is 6.07 Å². The molecule has 1 fully saturated rings. The summed E-state index contributed by atoms with van der Waals surface area (Å²) in [5, 5.41) is 2.70. The molecule has 1 atom stereocenters. The van der Waals surface area contributed by atoms with Crippen LogP contribution < -0.4 is 16.0 Å². The highest BCUT2D eigenvalue weighted by molar-refractivity contribution is 5.97. The van der Waals surface area contributed by atoms with E-state index in [1.54, 1.807) is 12.1 Å². The number of rotatable bonds is 5. The van der Waals surface area contributed by atoms with Gasteiger partial charge in [0, 0.05) is 48.6 Å². The molecule has 1 saturated heterocycles. The smallest absolute Gasteiger partial charge is 0.251 e. The van der Waals surface area contributed by atoms with Crippen LogP contribution in [0.2, 0.25) is 0 Å². The number of nitrogens with two attached hydrogens (primary N) is 1. The number of halogens is 2. The van der Waals surface area contributed by atoms with Gasteiger partial charge in [-0.3, -0.25) is 4.79 Å². The number of fused-ring (bicyclic) bond motifs is 1. The van der Waals surface area contributed by atoms with Gasteiger partial charge in [0.2, 0.25) is 5.95 Å². The summed E-state index contributed by atoms with van der Waals surface area (Å²) in [6.07, 6.45) is 0.659. The second-order valence-corrected chi connectivity index (χ2v) is 9.80. The number of anilines is 2. The van der Waals surface area contributed by atoms with E-state index in [0.717, 1.165) is 24.3 Å². The highest BCUT2D eigenvalue weighted by Crippen LogP contribution is 2.34. The molecule has 3 N–H and O–H groups in total. The van der Waals surface area contributed by atoms with Crippen LogP contribution in [0.15, 0.2) is 30.3 Å². The summed E-state index contributed by atoms with van der Waals surface area (Å²) in [4.78, 5) is 24.8. The van der Waals surface area contributed by atoms with Gasteiger partial charge in [0.25, 0.3) is 5.91 Å². The minimum atomic E-state index is -0.831. The first kappa shape index (κ1) is 25.0. The number of benzene rings is 2. The standard InChI is InChI=1S/C27H30F2N6O2/c1-15-13-35(8-9-37-15)22-5-4-17(10-18(22)14-34(2)3)23-25(29)33-26(30)24(32-23)20-11-16-6-7-31-27(36)19(16)12-21(20)28/h4-5,10-12,15H,6-9,13-14H2,1-3H3,(H2,30,33)(H,31,36)/t15-/m0/s1. The van der Waals surface area contributed by atoms with Gasteiger partial charge in [-0.05, 0) is 62.8 Å². The van der Waals surface area contributed by atoms with Crippen molar-refractivity contribution in [1.82, 2.24) is 20.2 Å². The van der Waals surface area contributed by atoms with Gasteiger partial charge in [0.15, 0.2) is 5.82 Å². The molecule has 37 heavy (non-hydrogen) atoms. The van der Waals surface area contributed by atoms with Crippen molar-refractivity contribution in [2.45, 2.75) is 26.0 Å². The fourth-order valence-electron chi connectivity index (χ4n) is 4.98. The number of aromatic nitrogens is 2. The fraction of sp³-hybridized carbons (Fsp3) is 0.370. The Morgan fingerprint density at radius 3 is 2.73 bits per heavy atom. The molecule has 0 saturated carbocycles. The van der Waals surface area contributed by atoms with E-state index in [0.29, 0.717) is 37.2 Å². The highest BCUT2D eigenvalue weighted by Gasteiger charge is 2.25. The molecule has 194 valence electrons. The molecular weight excluding hydrogens is 478 g/mol. The van der Waals surface area contributed by atoms with E-state index >= 15 is 8.78 Å². The van der Waals surface area contributed by atoms with Crippen LogP contribution in [0.1, 0.15) is 28.4 Å². The van der Waals surface area contributed by atoms with Crippen LogP contribution in [-0.2, 0) is 17.7 Å². The number of amides is 1. The van der Waals surface area contributed by atoms with Crippen LogP contribution >= 0.6 is 0 Å². The third-order valence-corrected chi connectivity index (χ3v) is 6.67. The number of hydrogen-bond acceptors (Lipinski definition) is 7. The Morgan fingerprint density at radius 1 is 1.16 bits per heavy atom. The molecule has 1 aromatic heterocycles. The average Bonchev–Trinajstić information content (AvgIpc) is 2.84. The molecule has 1 amide bonds. The summed E-state index contributed by atoms with van der Waals surface area (Å²) < 4.78 is 35.9. The maximum Gasteiger partial charge on any atom is 0.251 e. The van der Waals surface area contributed by atoms with Gasteiger partial charge in [-0.25, -0.2) is 9.37 Å². The van der Waals surface area contributed by atoms with Gasteiger partial charge in [0.05, 0.1) is 12.7 Å². The van der Waals surface area contributed by atoms with E-state index in [1.807, 2.05) is 38.1 Å². The number of carbonyl (C=O) groups is 1. The zero-order valence-corrected chi connectivity index (χ0v) is 21.1. The summed E-state index contributed by atoms with van der Waals surface area (Å²) in [6, 6.07) is 8.40. The first-order valence-corrected chi connectivity index (χ1v) is 12.3. The predicted octanol–water partition coefficient (Wildman–Crippen LogP) is 3.24. The van der Waals surface area contributed by atoms with E-state index in [9.17, 15) is 4.79 Å². The summed E-state index contributed by atoms with van der Waals surface area (Å²) >= 11 is 0. The normalized spacial score (nSPS) is 17.6. The maximum atomic E-state index is 15.1. The Hall–Kier alpha value is -3.63. The Kier molecular flexibility index (Phi) is 6.78. The lowest BCUT2D eigenvalue weighted by Crippen LogP contribution is -2.41. The van der Waals surface area contributed by atoms with Gasteiger partial charge in [0.1, 0.15) is 17.2 Å². The van der Waals surface area contributed by atoms with Gasteiger partial charge in [-0.15, -0.1) is 0 Å². The number of morpholine rings is 1. The second-order valence-electron chi connectivity index (χ2n) is 9.80. The molecule has 2 aliphatic heterocycles. The van der Waals surface area contributed by atoms with Crippen molar-refractivity contribution in [1.29, 1.82) is 0 Å². The van der Waals surface area contributed by atoms with Crippen LogP contribution in [-0.4, -0.2) is 67.2 Å². The third kappa shape index (κ3) is 4.99. The van der Waals surface area contributed by atoms with Crippen molar-refractivity contribution in [3.63, 3.8) is 0 Å². The zero-order chi connectivity index (χ0) is 26.3. The molecule has 2 aliphatic rings. The van der Waals surface area contributed by atoms with Crippen LogP contribution in [0.3, 0.4) is 0 Å². The minimum absolute atomic E-state index is 0.0130. The molecule has 10 heteroatoms. The third-order valence-electron chi connectivity index (χ3n) is 6.67. The number of nitrogens with zero attached hydrogens (tertiary/aromatic N) is 4. The quantitative estimate of drug-likeness (QED) is 0.546. The van der Waals surface area contributed by atoms with Crippen molar-refractivity contribution >= 4 is 17.4 Å². The molecule has 8 nitrogen and oxygen atoms in total. The molecule has 0 unspecified atom stereocenters. The van der Waals surface area contributed by atoms with E-state index in [4.69, 9.17) is 10.5 Å². The zero-order valence-electron chi connectivity index (χ0n) is 21.1. The van der Waals surface area contributed by atoms with E-state index in [-0.39, 0.29) is 40.3 Å². The first-order valence-electron chi connectivity index (χ1n) is 12.3. The molecule has 5 rings (SSSR count). The van der Waals surface area contributed by atoms with Gasteiger partial charge in [-0.2, -0.15) is 9.37 Å². The summed E-state index contributed by atoms with van der Waals surface area (Å²) in [5.74, 6) is -2.04. The fourth-order valence-corrected chi connectivity index (χ4v) is 4.98. The molecule has 0 radical (unpaired) electrons. The van der Waals surface area contributed by atoms with Crippen LogP contribution in [0.25, 0.3) is 22.5 Å². The number of nitrogens with one attached hydrogen (secondary N) is 1. The largest absolute Gasteiger partial charge is 0.382 e. The SMILES string of the molecule is C[C@H]1CN(c2ccc(-c3nc(-c4cc5c(cc4F)C(=O)NCC5)c(N)nc3F)cc2CN(C)C)CCO1. The van der Waals surface area contributed by atoms with Gasteiger partial charge < -0.3 is 25.6 Å². The van der Waals surface area contributed by atoms with Crippen molar-refractivity contribution in [2.75, 3.05) is 51.0 Å². The highest BCUT2D eigenvalue weighted by atomic mass is 19.1. The molecule has 0 aliphatic carbocycles. The summed E-state index contributed by atoms with van der Waals surface area (Å²) in [5.41, 5.74) is 9.68. The predicted molar refractivity (Wildman–Crippen MR) is 138 cm³/mol. The lowest BCUT2D eigenvalue weighted by molar-refractivity contribution is 0.0531. The van der Waals surface area contributed by atoms with E-state index < -0.39 is 11.8 Å². The van der Waals surface area contributed by atoms with Crippen molar-refractivity contribution in [3.8, 4) is 22.5 Å². The molecule has 0 spiro atoms. The molecule has 0 bridgehead atoms. The monoisotopic (exact) mass is 508 g/mol. The maximum absolute atomic E-state index is 15.1. The molecule has 3 aromatic rings. The number of hydrogen-bond donors (Lipinski definition) is 2. The first-order chi connectivity index (χ1) is 17.7. The number of nitrogen functional groups attached to an aromatic ring is 1. The number of ether oxygens (including phenoxy) is 1. The second kappa shape index (κ2) is 10.0. The Balaban J connectivity index is 1.59. The summed E-state index contributed by atoms with van der Waals surface area (Å²) in [6.45, 7) is 5.29. The van der Waals surface area contributed by atoms with Crippen LogP contribution in [0, 0.1) is 11.8 Å². The molecular formula is C27H30F2N6O2. The van der Waals surface area contributed by atoms with Crippen molar-refractivity contribution in [3.05, 3.63) is 58.8 Å². The van der Waals surface area contributed by atoms with Crippen LogP contribution in [0.5, 0.6) is 0 Å². The Morgan fingerprint density at radius 2 is 1.97 bits per heavy atom. The van der Waals surface area contributed by atoms with Gasteiger partial charge >= 0.3 is 0 Å². The lowest BCUT2D eigenvalue weighted by Gasteiger charge is -2.34. The van der Waals surface area contributed by atoms with Gasteiger partial charge in [-0.1, -0.05) is 6.07 Å². The Bertz CT molecular complexity index is 1360. The number of carbonyl (C=O) groups excluding carboxylic acids is 1. The lowest BCUT2D eigenvalue weighted by atomic mass is 9.96. The minimum Gasteiger partial charge on any atom is -0.382 e. The molecule has 2 aromatic carbocycles. The van der Waals surface area contributed by atoms with Crippen molar-refractivity contribution < 1.29 is 18.3 Å². The molecule has 3 heterocycles. The van der Waals surface area contributed by atoms with Crippen LogP contribution in [0.4, 0.5) is 20.3 Å². The van der Waals surface area contributed by atoms with E-state index in [2.05, 4.69) is 20.2 Å².